The third-order valence-corrected chi connectivity index (χ3v) is 7.95. The Kier molecular flexibility index (Phi) is 9.29. The fourth-order valence-corrected chi connectivity index (χ4v) is 5.85. The van der Waals surface area contributed by atoms with Crippen LogP contribution >= 0.6 is 35.6 Å². The smallest absolute Gasteiger partial charge is 0.335 e. The van der Waals surface area contributed by atoms with Crippen molar-refractivity contribution in [3.63, 3.8) is 0 Å². The molecule has 0 aromatic heterocycles. The number of carbonyl (C=O) groups is 3. The van der Waals surface area contributed by atoms with Crippen molar-refractivity contribution in [2.45, 2.75) is 6.61 Å². The number of carboxylic acids is 1. The topological polar surface area (TPSA) is 105 Å². The Hall–Kier alpha value is -4.71. The van der Waals surface area contributed by atoms with E-state index in [1.165, 1.54) is 48.4 Å². The number of anilines is 2. The van der Waals surface area contributed by atoms with E-state index >= 15 is 0 Å². The first-order valence-electron chi connectivity index (χ1n) is 12.9. The van der Waals surface area contributed by atoms with Gasteiger partial charge in [-0.25, -0.2) is 9.18 Å². The highest BCUT2D eigenvalue weighted by Crippen LogP contribution is 2.40. The van der Waals surface area contributed by atoms with Crippen LogP contribution in [0.25, 0.3) is 6.08 Å². The SMILES string of the molecule is COc1cc(/C=C2/SC(=S)N(c3cccc(C(=O)Nc4ccc(F)cc4)c3)C2=O)cc(Cl)c1OCc1cccc(C(=O)O)c1. The Morgan fingerprint density at radius 3 is 2.50 bits per heavy atom. The lowest BCUT2D eigenvalue weighted by Gasteiger charge is -2.16. The van der Waals surface area contributed by atoms with E-state index in [0.717, 1.165) is 11.8 Å². The quantitative estimate of drug-likeness (QED) is 0.143. The molecular formula is C32H22ClFN2O6S2. The number of rotatable bonds is 9. The molecule has 5 rings (SSSR count). The standard InChI is InChI=1S/C32H22ClFN2O6S2/c1-41-26-14-19(13-25(33)28(26)42-17-18-4-2-6-21(12-18)31(39)40)15-27-30(38)36(32(43)44-27)24-7-3-5-20(16-24)29(37)35-23-10-8-22(34)9-11-23/h2-16H,17H2,1H3,(H,35,37)(H,39,40)/b27-15+. The van der Waals surface area contributed by atoms with Gasteiger partial charge in [0, 0.05) is 11.3 Å². The Balaban J connectivity index is 1.33. The number of nitrogens with zero attached hydrogens (tertiary/aromatic N) is 1. The Morgan fingerprint density at radius 2 is 1.77 bits per heavy atom. The van der Waals surface area contributed by atoms with Gasteiger partial charge >= 0.3 is 5.97 Å². The number of carbonyl (C=O) groups excluding carboxylic acids is 2. The van der Waals surface area contributed by atoms with Crippen LogP contribution in [0, 0.1) is 5.82 Å². The summed E-state index contributed by atoms with van der Waals surface area (Å²) in [7, 11) is 1.45. The number of thiocarbonyl (C=S) groups is 1. The largest absolute Gasteiger partial charge is 0.493 e. The van der Waals surface area contributed by atoms with Gasteiger partial charge in [-0.1, -0.05) is 53.8 Å². The summed E-state index contributed by atoms with van der Waals surface area (Å²) >= 11 is 13.1. The van der Waals surface area contributed by atoms with Crippen molar-refractivity contribution in [2.75, 3.05) is 17.3 Å². The van der Waals surface area contributed by atoms with Gasteiger partial charge in [0.25, 0.3) is 11.8 Å². The van der Waals surface area contributed by atoms with Crippen LogP contribution in [-0.2, 0) is 11.4 Å². The molecule has 0 spiro atoms. The van der Waals surface area contributed by atoms with Gasteiger partial charge < -0.3 is 19.9 Å². The molecule has 0 radical (unpaired) electrons. The molecule has 4 aromatic rings. The van der Waals surface area contributed by atoms with E-state index < -0.39 is 17.7 Å². The number of carboxylic acid groups (broad SMARTS) is 1. The van der Waals surface area contributed by atoms with Crippen LogP contribution < -0.4 is 19.7 Å². The number of hydrogen-bond donors (Lipinski definition) is 2. The zero-order valence-electron chi connectivity index (χ0n) is 22.9. The van der Waals surface area contributed by atoms with Crippen molar-refractivity contribution < 1.29 is 33.4 Å². The molecule has 0 saturated carbocycles. The second-order valence-corrected chi connectivity index (χ2v) is 11.4. The number of halogens is 2. The summed E-state index contributed by atoms with van der Waals surface area (Å²) in [6.07, 6.45) is 1.62. The van der Waals surface area contributed by atoms with Gasteiger partial charge in [-0.15, -0.1) is 0 Å². The summed E-state index contributed by atoms with van der Waals surface area (Å²) in [5.74, 6) is -1.71. The second-order valence-electron chi connectivity index (χ2n) is 9.36. The maximum absolute atomic E-state index is 13.4. The molecule has 1 saturated heterocycles. The monoisotopic (exact) mass is 648 g/mol. The third kappa shape index (κ3) is 6.91. The van der Waals surface area contributed by atoms with Crippen LogP contribution in [0.1, 0.15) is 31.8 Å². The first kappa shape index (κ1) is 30.7. The van der Waals surface area contributed by atoms with Crippen LogP contribution in [0.4, 0.5) is 15.8 Å². The number of amides is 2. The number of ether oxygens (including phenoxy) is 2. The fourth-order valence-electron chi connectivity index (χ4n) is 4.28. The van der Waals surface area contributed by atoms with Crippen LogP contribution in [0.5, 0.6) is 11.5 Å². The molecule has 222 valence electrons. The summed E-state index contributed by atoms with van der Waals surface area (Å²) in [4.78, 5) is 39.2. The van der Waals surface area contributed by atoms with Gasteiger partial charge in [0.1, 0.15) is 12.4 Å². The number of hydrogen-bond acceptors (Lipinski definition) is 7. The van der Waals surface area contributed by atoms with Gasteiger partial charge in [0.15, 0.2) is 15.8 Å². The van der Waals surface area contributed by atoms with Crippen LogP contribution in [-0.4, -0.2) is 34.3 Å². The van der Waals surface area contributed by atoms with Gasteiger partial charge in [0.2, 0.25) is 0 Å². The van der Waals surface area contributed by atoms with E-state index in [-0.39, 0.29) is 38.7 Å². The van der Waals surface area contributed by atoms with E-state index in [2.05, 4.69) is 5.32 Å². The minimum absolute atomic E-state index is 0.0518. The van der Waals surface area contributed by atoms with E-state index in [9.17, 15) is 23.9 Å². The predicted octanol–water partition coefficient (Wildman–Crippen LogP) is 7.42. The minimum Gasteiger partial charge on any atom is -0.493 e. The third-order valence-electron chi connectivity index (χ3n) is 6.37. The number of benzene rings is 4. The molecule has 0 atom stereocenters. The second kappa shape index (κ2) is 13.3. The molecule has 1 heterocycles. The molecule has 2 N–H and O–H groups in total. The van der Waals surface area contributed by atoms with Crippen molar-refractivity contribution in [2.24, 2.45) is 0 Å². The average molecular weight is 649 g/mol. The molecule has 0 unspecified atom stereocenters. The summed E-state index contributed by atoms with van der Waals surface area (Å²) < 4.78 is 24.8. The number of nitrogens with one attached hydrogen (secondary N) is 1. The van der Waals surface area contributed by atoms with Crippen molar-refractivity contribution in [1.29, 1.82) is 0 Å². The first-order chi connectivity index (χ1) is 21.1. The average Bonchev–Trinajstić information content (AvgIpc) is 3.29. The highest BCUT2D eigenvalue weighted by atomic mass is 35.5. The van der Waals surface area contributed by atoms with Gasteiger partial charge in [-0.05, 0) is 83.9 Å². The van der Waals surface area contributed by atoms with E-state index in [4.69, 9.17) is 33.3 Å². The molecule has 1 aliphatic heterocycles. The predicted molar refractivity (Wildman–Crippen MR) is 172 cm³/mol. The van der Waals surface area contributed by atoms with E-state index in [0.29, 0.717) is 33.2 Å². The Morgan fingerprint density at radius 1 is 1.05 bits per heavy atom. The summed E-state index contributed by atoms with van der Waals surface area (Å²) in [6.45, 7) is 0.0518. The summed E-state index contributed by atoms with van der Waals surface area (Å²) in [6, 6.07) is 21.4. The molecule has 12 heteroatoms. The maximum Gasteiger partial charge on any atom is 0.335 e. The zero-order chi connectivity index (χ0) is 31.4. The molecule has 2 amide bonds. The molecule has 1 fully saturated rings. The zero-order valence-corrected chi connectivity index (χ0v) is 25.3. The molecule has 0 aliphatic carbocycles. The van der Waals surface area contributed by atoms with Crippen LogP contribution in [0.2, 0.25) is 5.02 Å². The highest BCUT2D eigenvalue weighted by molar-refractivity contribution is 8.27. The molecule has 0 bridgehead atoms. The Bertz CT molecular complexity index is 1830. The first-order valence-corrected chi connectivity index (χ1v) is 14.5. The lowest BCUT2D eigenvalue weighted by molar-refractivity contribution is -0.113. The van der Waals surface area contributed by atoms with Gasteiger partial charge in [-0.3, -0.25) is 14.5 Å². The highest BCUT2D eigenvalue weighted by Gasteiger charge is 2.33. The van der Waals surface area contributed by atoms with E-state index in [1.807, 2.05) is 0 Å². The normalized spacial score (nSPS) is 13.7. The van der Waals surface area contributed by atoms with Gasteiger partial charge in [0.05, 0.1) is 28.3 Å². The van der Waals surface area contributed by atoms with Crippen molar-refractivity contribution >= 4 is 75.1 Å². The number of methoxy groups -OCH3 is 1. The maximum atomic E-state index is 13.4. The summed E-state index contributed by atoms with van der Waals surface area (Å²) in [5.41, 5.74) is 2.44. The molecule has 44 heavy (non-hydrogen) atoms. The fraction of sp³-hybridized carbons (Fsp3) is 0.0625. The van der Waals surface area contributed by atoms with Crippen LogP contribution in [0.3, 0.4) is 0 Å². The van der Waals surface area contributed by atoms with Gasteiger partial charge in [-0.2, -0.15) is 0 Å². The lowest BCUT2D eigenvalue weighted by atomic mass is 10.1. The molecule has 8 nitrogen and oxygen atoms in total. The molecule has 1 aliphatic rings. The minimum atomic E-state index is -1.04. The van der Waals surface area contributed by atoms with Crippen molar-refractivity contribution in [3.05, 3.63) is 123 Å². The van der Waals surface area contributed by atoms with Crippen molar-refractivity contribution in [1.82, 2.24) is 0 Å². The lowest BCUT2D eigenvalue weighted by Crippen LogP contribution is -2.27. The van der Waals surface area contributed by atoms with Crippen molar-refractivity contribution in [3.8, 4) is 11.5 Å². The Labute approximate surface area is 266 Å². The number of aromatic carboxylic acids is 1. The molecular weight excluding hydrogens is 627 g/mol. The molecule has 4 aromatic carbocycles. The van der Waals surface area contributed by atoms with Crippen LogP contribution in [0.15, 0.2) is 89.8 Å². The van der Waals surface area contributed by atoms with E-state index in [1.54, 1.807) is 54.6 Å². The summed E-state index contributed by atoms with van der Waals surface area (Å²) in [5, 5.41) is 12.1. The number of thioether (sulfide) groups is 1.